The molecular weight excluding hydrogens is 268 g/mol. The number of hydrogen-bond acceptors (Lipinski definition) is 3. The highest BCUT2D eigenvalue weighted by Crippen LogP contribution is 2.26. The molecule has 21 heavy (non-hydrogen) atoms. The lowest BCUT2D eigenvalue weighted by Gasteiger charge is -2.24. The Morgan fingerprint density at radius 2 is 1.90 bits per heavy atom. The molecule has 120 valence electrons. The lowest BCUT2D eigenvalue weighted by Crippen LogP contribution is -2.42. The normalized spacial score (nSPS) is 29.5. The number of likely N-dealkylation sites (tertiary alicyclic amines) is 1. The number of carbonyl (C=O) groups excluding carboxylic acids is 2. The van der Waals surface area contributed by atoms with Gasteiger partial charge in [-0.15, -0.1) is 0 Å². The zero-order chi connectivity index (χ0) is 15.6. The number of nitrogens with zero attached hydrogens (tertiary/aromatic N) is 1. The highest BCUT2D eigenvalue weighted by atomic mass is 16.6. The second kappa shape index (κ2) is 6.24. The number of rotatable bonds is 2. The monoisotopic (exact) mass is 296 g/mol. The summed E-state index contributed by atoms with van der Waals surface area (Å²) in [5.74, 6) is 0.572. The van der Waals surface area contributed by atoms with Gasteiger partial charge < -0.3 is 15.0 Å². The summed E-state index contributed by atoms with van der Waals surface area (Å²) < 4.78 is 5.36. The molecule has 1 aliphatic carbocycles. The van der Waals surface area contributed by atoms with E-state index < -0.39 is 5.60 Å². The first-order valence-corrected chi connectivity index (χ1v) is 8.04. The van der Waals surface area contributed by atoms with Crippen molar-refractivity contribution in [2.24, 2.45) is 11.8 Å². The lowest BCUT2D eigenvalue weighted by molar-refractivity contribution is -0.125. The average molecular weight is 296 g/mol. The van der Waals surface area contributed by atoms with E-state index in [1.807, 2.05) is 20.8 Å². The van der Waals surface area contributed by atoms with Crippen molar-refractivity contribution in [3.63, 3.8) is 0 Å². The van der Waals surface area contributed by atoms with Crippen LogP contribution in [0, 0.1) is 11.8 Å². The highest BCUT2D eigenvalue weighted by Gasteiger charge is 2.35. The summed E-state index contributed by atoms with van der Waals surface area (Å²) in [4.78, 5) is 26.0. The number of ether oxygens (including phenoxy) is 1. The maximum atomic E-state index is 12.3. The molecule has 0 spiro atoms. The number of carbonyl (C=O) groups is 2. The van der Waals surface area contributed by atoms with Crippen LogP contribution in [0.1, 0.15) is 53.4 Å². The van der Waals surface area contributed by atoms with Crippen LogP contribution in [0.3, 0.4) is 0 Å². The summed E-state index contributed by atoms with van der Waals surface area (Å²) in [7, 11) is 0. The van der Waals surface area contributed by atoms with Crippen LogP contribution in [0.4, 0.5) is 4.79 Å². The Labute approximate surface area is 127 Å². The van der Waals surface area contributed by atoms with Crippen molar-refractivity contribution in [2.45, 2.75) is 65.0 Å². The third-order valence-electron chi connectivity index (χ3n) is 4.40. The molecule has 0 aromatic heterocycles. The fraction of sp³-hybridized carbons (Fsp3) is 0.875. The largest absolute Gasteiger partial charge is 0.444 e. The van der Waals surface area contributed by atoms with Crippen LogP contribution >= 0.6 is 0 Å². The Balaban J connectivity index is 1.81. The minimum Gasteiger partial charge on any atom is -0.444 e. The van der Waals surface area contributed by atoms with Crippen molar-refractivity contribution in [2.75, 3.05) is 13.1 Å². The van der Waals surface area contributed by atoms with Gasteiger partial charge in [0.25, 0.3) is 0 Å². The van der Waals surface area contributed by atoms with Gasteiger partial charge in [0.2, 0.25) is 5.91 Å². The first-order chi connectivity index (χ1) is 9.76. The van der Waals surface area contributed by atoms with E-state index in [0.29, 0.717) is 25.0 Å². The third-order valence-corrected chi connectivity index (χ3v) is 4.40. The lowest BCUT2D eigenvalue weighted by atomic mass is 10.0. The molecule has 5 nitrogen and oxygen atoms in total. The molecule has 1 heterocycles. The van der Waals surface area contributed by atoms with E-state index in [4.69, 9.17) is 4.74 Å². The van der Waals surface area contributed by atoms with Gasteiger partial charge >= 0.3 is 6.09 Å². The first kappa shape index (κ1) is 16.1. The molecule has 3 atom stereocenters. The molecule has 0 radical (unpaired) electrons. The molecule has 1 aliphatic heterocycles. The van der Waals surface area contributed by atoms with Gasteiger partial charge in [-0.2, -0.15) is 0 Å². The summed E-state index contributed by atoms with van der Waals surface area (Å²) in [6.45, 7) is 8.83. The molecule has 0 unspecified atom stereocenters. The molecule has 5 heteroatoms. The number of hydrogen-bond donors (Lipinski definition) is 1. The summed E-state index contributed by atoms with van der Waals surface area (Å²) in [6.07, 6.45) is 3.88. The van der Waals surface area contributed by atoms with Gasteiger partial charge in [-0.25, -0.2) is 4.79 Å². The summed E-state index contributed by atoms with van der Waals surface area (Å²) in [6, 6.07) is 0.313. The number of amides is 2. The maximum Gasteiger partial charge on any atom is 0.410 e. The van der Waals surface area contributed by atoms with Crippen LogP contribution in [0.25, 0.3) is 0 Å². The minimum atomic E-state index is -0.489. The predicted octanol–water partition coefficient (Wildman–Crippen LogP) is 2.55. The zero-order valence-corrected chi connectivity index (χ0v) is 13.6. The standard InChI is InChI=1S/C16H28N2O3/c1-11-6-5-7-13(11)17-14(19)12-8-9-18(10-12)15(20)21-16(2,3)4/h11-13H,5-10H2,1-4H3,(H,17,19)/t11-,12+,13-/m1/s1. The summed E-state index contributed by atoms with van der Waals surface area (Å²) >= 11 is 0. The van der Waals surface area contributed by atoms with Gasteiger partial charge in [0, 0.05) is 19.1 Å². The Kier molecular flexibility index (Phi) is 4.79. The van der Waals surface area contributed by atoms with Gasteiger partial charge in [-0.05, 0) is 46.0 Å². The topological polar surface area (TPSA) is 58.6 Å². The van der Waals surface area contributed by atoms with E-state index in [0.717, 1.165) is 12.8 Å². The molecule has 2 amide bonds. The molecular formula is C16H28N2O3. The summed E-state index contributed by atoms with van der Waals surface area (Å²) in [5.41, 5.74) is -0.489. The molecule has 2 fully saturated rings. The average Bonchev–Trinajstić information content (AvgIpc) is 2.97. The van der Waals surface area contributed by atoms with Crippen molar-refractivity contribution >= 4 is 12.0 Å². The molecule has 1 saturated heterocycles. The van der Waals surface area contributed by atoms with Crippen molar-refractivity contribution in [3.05, 3.63) is 0 Å². The van der Waals surface area contributed by atoms with E-state index >= 15 is 0 Å². The van der Waals surface area contributed by atoms with Gasteiger partial charge in [0.05, 0.1) is 5.92 Å². The van der Waals surface area contributed by atoms with Gasteiger partial charge in [-0.3, -0.25) is 4.79 Å². The van der Waals surface area contributed by atoms with Crippen molar-refractivity contribution in [3.8, 4) is 0 Å². The number of nitrogens with one attached hydrogen (secondary N) is 1. The Morgan fingerprint density at radius 3 is 2.48 bits per heavy atom. The Morgan fingerprint density at radius 1 is 1.19 bits per heavy atom. The van der Waals surface area contributed by atoms with Gasteiger partial charge in [0.15, 0.2) is 0 Å². The van der Waals surface area contributed by atoms with E-state index in [9.17, 15) is 9.59 Å². The van der Waals surface area contributed by atoms with Crippen LogP contribution in [-0.4, -0.2) is 41.6 Å². The molecule has 0 aromatic carbocycles. The van der Waals surface area contributed by atoms with Crippen LogP contribution in [0.2, 0.25) is 0 Å². The van der Waals surface area contributed by atoms with Crippen LogP contribution < -0.4 is 5.32 Å². The molecule has 0 aromatic rings. The maximum absolute atomic E-state index is 12.3. The smallest absolute Gasteiger partial charge is 0.410 e. The zero-order valence-electron chi connectivity index (χ0n) is 13.6. The van der Waals surface area contributed by atoms with Crippen molar-refractivity contribution in [1.29, 1.82) is 0 Å². The summed E-state index contributed by atoms with van der Waals surface area (Å²) in [5, 5.41) is 3.16. The second-order valence-electron chi connectivity index (χ2n) is 7.44. The first-order valence-electron chi connectivity index (χ1n) is 8.04. The SMILES string of the molecule is C[C@@H]1CCC[C@H]1NC(=O)[C@H]1CCN(C(=O)OC(C)(C)C)C1. The molecule has 0 bridgehead atoms. The minimum absolute atomic E-state index is 0.0923. The second-order valence-corrected chi connectivity index (χ2v) is 7.44. The molecule has 2 aliphatic rings. The van der Waals surface area contributed by atoms with Gasteiger partial charge in [0.1, 0.15) is 5.60 Å². The van der Waals surface area contributed by atoms with Crippen molar-refractivity contribution < 1.29 is 14.3 Å². The third kappa shape index (κ3) is 4.35. The molecule has 1 saturated carbocycles. The van der Waals surface area contributed by atoms with Gasteiger partial charge in [-0.1, -0.05) is 13.3 Å². The Hall–Kier alpha value is -1.26. The quantitative estimate of drug-likeness (QED) is 0.852. The molecule has 1 N–H and O–H groups in total. The van der Waals surface area contributed by atoms with E-state index in [1.165, 1.54) is 12.8 Å². The van der Waals surface area contributed by atoms with E-state index in [-0.39, 0.29) is 17.9 Å². The predicted molar refractivity (Wildman–Crippen MR) is 80.9 cm³/mol. The van der Waals surface area contributed by atoms with Crippen LogP contribution in [0.15, 0.2) is 0 Å². The van der Waals surface area contributed by atoms with Crippen LogP contribution in [0.5, 0.6) is 0 Å². The fourth-order valence-electron chi connectivity index (χ4n) is 3.13. The van der Waals surface area contributed by atoms with Crippen LogP contribution in [-0.2, 0) is 9.53 Å². The Bertz CT molecular complexity index is 403. The van der Waals surface area contributed by atoms with Crippen molar-refractivity contribution in [1.82, 2.24) is 10.2 Å². The van der Waals surface area contributed by atoms with E-state index in [1.54, 1.807) is 4.90 Å². The molecule has 2 rings (SSSR count). The fourth-order valence-corrected chi connectivity index (χ4v) is 3.13. The van der Waals surface area contributed by atoms with E-state index in [2.05, 4.69) is 12.2 Å². The highest BCUT2D eigenvalue weighted by molar-refractivity contribution is 5.81.